The highest BCUT2D eigenvalue weighted by Gasteiger charge is 2.29. The molecular formula is C32H29N3O2. The van der Waals surface area contributed by atoms with E-state index in [0.29, 0.717) is 41.7 Å². The molecule has 0 aliphatic rings. The van der Waals surface area contributed by atoms with E-state index in [4.69, 9.17) is 4.98 Å². The molecule has 5 rings (SSSR count). The van der Waals surface area contributed by atoms with E-state index in [1.807, 2.05) is 109 Å². The minimum absolute atomic E-state index is 0.0783. The molecule has 1 heterocycles. The molecule has 0 bridgehead atoms. The van der Waals surface area contributed by atoms with Crippen molar-refractivity contribution in [1.82, 2.24) is 14.5 Å². The Balaban J connectivity index is 1.67. The summed E-state index contributed by atoms with van der Waals surface area (Å²) in [6, 6.07) is 36.0. The molecule has 0 saturated carbocycles. The number of benzene rings is 4. The first kappa shape index (κ1) is 24.2. The van der Waals surface area contributed by atoms with Crippen molar-refractivity contribution in [3.63, 3.8) is 0 Å². The first-order chi connectivity index (χ1) is 18.2. The van der Waals surface area contributed by atoms with Gasteiger partial charge in [-0.2, -0.15) is 0 Å². The normalized spacial score (nSPS) is 11.8. The molecule has 1 unspecified atom stereocenters. The van der Waals surface area contributed by atoms with Gasteiger partial charge in [0.1, 0.15) is 5.82 Å². The van der Waals surface area contributed by atoms with E-state index in [-0.39, 0.29) is 11.5 Å². The zero-order chi connectivity index (χ0) is 25.6. The van der Waals surface area contributed by atoms with Crippen molar-refractivity contribution in [2.75, 3.05) is 6.54 Å². The zero-order valence-electron chi connectivity index (χ0n) is 20.8. The van der Waals surface area contributed by atoms with Gasteiger partial charge in [-0.05, 0) is 54.8 Å². The number of amides is 1. The number of carbonyl (C=O) groups is 1. The molecule has 5 heteroatoms. The van der Waals surface area contributed by atoms with Crippen LogP contribution >= 0.6 is 0 Å². The Morgan fingerprint density at radius 3 is 2.08 bits per heavy atom. The van der Waals surface area contributed by atoms with Crippen molar-refractivity contribution >= 4 is 16.8 Å². The van der Waals surface area contributed by atoms with Gasteiger partial charge < -0.3 is 4.90 Å². The first-order valence-corrected chi connectivity index (χ1v) is 12.6. The van der Waals surface area contributed by atoms with Crippen LogP contribution in [0.2, 0.25) is 0 Å². The van der Waals surface area contributed by atoms with E-state index >= 15 is 0 Å². The third kappa shape index (κ3) is 5.07. The lowest BCUT2D eigenvalue weighted by Gasteiger charge is -2.32. The fourth-order valence-corrected chi connectivity index (χ4v) is 4.78. The second kappa shape index (κ2) is 11.0. The summed E-state index contributed by atoms with van der Waals surface area (Å²) in [6.45, 7) is 2.53. The van der Waals surface area contributed by atoms with Gasteiger partial charge in [0, 0.05) is 12.1 Å². The van der Waals surface area contributed by atoms with Crippen LogP contribution in [-0.4, -0.2) is 26.9 Å². The van der Waals surface area contributed by atoms with Crippen molar-refractivity contribution in [1.29, 1.82) is 0 Å². The Bertz CT molecular complexity index is 1550. The summed E-state index contributed by atoms with van der Waals surface area (Å²) in [6.07, 6.45) is 1.30. The Morgan fingerprint density at radius 2 is 1.41 bits per heavy atom. The van der Waals surface area contributed by atoms with E-state index in [1.165, 1.54) is 0 Å². The van der Waals surface area contributed by atoms with Crippen LogP contribution in [0.4, 0.5) is 0 Å². The van der Waals surface area contributed by atoms with E-state index in [1.54, 1.807) is 10.6 Å². The molecule has 1 aromatic heterocycles. The van der Waals surface area contributed by atoms with Crippen molar-refractivity contribution in [3.8, 4) is 5.69 Å². The standard InChI is InChI=1S/C32H29N3O2/c1-2-29(34(23-22-24-14-6-3-7-15-24)31(36)25-16-8-4-9-17-25)30-33-28-21-13-12-20-27(28)32(37)35(30)26-18-10-5-11-19-26/h3-21,29H,2,22-23H2,1H3. The molecule has 0 radical (unpaired) electrons. The molecular weight excluding hydrogens is 458 g/mol. The largest absolute Gasteiger partial charge is 0.328 e. The number of rotatable bonds is 8. The van der Waals surface area contributed by atoms with Crippen LogP contribution in [-0.2, 0) is 6.42 Å². The fraction of sp³-hybridized carbons (Fsp3) is 0.156. The minimum Gasteiger partial charge on any atom is -0.328 e. The molecule has 0 aliphatic heterocycles. The molecule has 0 saturated heterocycles. The maximum Gasteiger partial charge on any atom is 0.266 e. The Labute approximate surface area is 216 Å². The fourth-order valence-electron chi connectivity index (χ4n) is 4.78. The molecule has 5 nitrogen and oxygen atoms in total. The number of nitrogens with zero attached hydrogens (tertiary/aromatic N) is 3. The molecule has 0 spiro atoms. The molecule has 5 aromatic rings. The average Bonchev–Trinajstić information content (AvgIpc) is 2.96. The lowest BCUT2D eigenvalue weighted by atomic mass is 10.1. The Morgan fingerprint density at radius 1 is 0.811 bits per heavy atom. The Hall–Kier alpha value is -4.51. The molecule has 4 aromatic carbocycles. The predicted molar refractivity (Wildman–Crippen MR) is 148 cm³/mol. The number of hydrogen-bond acceptors (Lipinski definition) is 3. The number of carbonyl (C=O) groups excluding carboxylic acids is 1. The highest BCUT2D eigenvalue weighted by molar-refractivity contribution is 5.94. The maximum absolute atomic E-state index is 13.9. The van der Waals surface area contributed by atoms with Crippen LogP contribution in [0.3, 0.4) is 0 Å². The topological polar surface area (TPSA) is 55.2 Å². The molecule has 1 atom stereocenters. The first-order valence-electron chi connectivity index (χ1n) is 12.6. The van der Waals surface area contributed by atoms with Crippen LogP contribution in [0.5, 0.6) is 0 Å². The average molecular weight is 488 g/mol. The summed E-state index contributed by atoms with van der Waals surface area (Å²) in [7, 11) is 0. The molecule has 0 fully saturated rings. The van der Waals surface area contributed by atoms with Gasteiger partial charge in [0.25, 0.3) is 11.5 Å². The molecule has 1 amide bonds. The van der Waals surface area contributed by atoms with Crippen molar-refractivity contribution < 1.29 is 4.79 Å². The molecule has 37 heavy (non-hydrogen) atoms. The summed E-state index contributed by atoms with van der Waals surface area (Å²) in [5.41, 5.74) is 2.98. The third-order valence-electron chi connectivity index (χ3n) is 6.64. The van der Waals surface area contributed by atoms with Crippen LogP contribution in [0, 0.1) is 0 Å². The maximum atomic E-state index is 13.9. The van der Waals surface area contributed by atoms with E-state index in [0.717, 1.165) is 11.3 Å². The lowest BCUT2D eigenvalue weighted by molar-refractivity contribution is 0.0662. The summed E-state index contributed by atoms with van der Waals surface area (Å²) >= 11 is 0. The van der Waals surface area contributed by atoms with Crippen molar-refractivity contribution in [2.24, 2.45) is 0 Å². The molecule has 0 aliphatic carbocycles. The molecule has 0 N–H and O–H groups in total. The monoisotopic (exact) mass is 487 g/mol. The van der Waals surface area contributed by atoms with Crippen LogP contribution in [0.1, 0.15) is 41.1 Å². The predicted octanol–water partition coefficient (Wildman–Crippen LogP) is 6.22. The van der Waals surface area contributed by atoms with Crippen molar-refractivity contribution in [2.45, 2.75) is 25.8 Å². The van der Waals surface area contributed by atoms with Gasteiger partial charge in [-0.3, -0.25) is 14.2 Å². The van der Waals surface area contributed by atoms with Crippen molar-refractivity contribution in [3.05, 3.63) is 143 Å². The highest BCUT2D eigenvalue weighted by atomic mass is 16.2. The quantitative estimate of drug-likeness (QED) is 0.261. The zero-order valence-corrected chi connectivity index (χ0v) is 20.8. The van der Waals surface area contributed by atoms with Gasteiger partial charge in [-0.15, -0.1) is 0 Å². The molecule has 184 valence electrons. The van der Waals surface area contributed by atoms with Crippen LogP contribution < -0.4 is 5.56 Å². The summed E-state index contributed by atoms with van der Waals surface area (Å²) in [5, 5.41) is 0.551. The number of aromatic nitrogens is 2. The van der Waals surface area contributed by atoms with Gasteiger partial charge in [0.05, 0.1) is 22.6 Å². The SMILES string of the molecule is CCC(c1nc2ccccc2c(=O)n1-c1ccccc1)N(CCc1ccccc1)C(=O)c1ccccc1. The van der Waals surface area contributed by atoms with E-state index < -0.39 is 6.04 Å². The highest BCUT2D eigenvalue weighted by Crippen LogP contribution is 2.28. The van der Waals surface area contributed by atoms with Gasteiger partial charge in [0.2, 0.25) is 0 Å². The van der Waals surface area contributed by atoms with E-state index in [9.17, 15) is 9.59 Å². The van der Waals surface area contributed by atoms with Gasteiger partial charge in [-0.1, -0.05) is 85.8 Å². The third-order valence-corrected chi connectivity index (χ3v) is 6.64. The second-order valence-corrected chi connectivity index (χ2v) is 8.99. The van der Waals surface area contributed by atoms with E-state index in [2.05, 4.69) is 12.1 Å². The summed E-state index contributed by atoms with van der Waals surface area (Å²) < 4.78 is 1.67. The summed E-state index contributed by atoms with van der Waals surface area (Å²) in [4.78, 5) is 34.7. The summed E-state index contributed by atoms with van der Waals surface area (Å²) in [5.74, 6) is 0.486. The lowest BCUT2D eigenvalue weighted by Crippen LogP contribution is -2.39. The van der Waals surface area contributed by atoms with Crippen LogP contribution in [0.25, 0.3) is 16.6 Å². The number of para-hydroxylation sites is 2. The van der Waals surface area contributed by atoms with Gasteiger partial charge in [-0.25, -0.2) is 4.98 Å². The minimum atomic E-state index is -0.408. The van der Waals surface area contributed by atoms with Gasteiger partial charge >= 0.3 is 0 Å². The number of fused-ring (bicyclic) bond motifs is 1. The van der Waals surface area contributed by atoms with Crippen LogP contribution in [0.15, 0.2) is 120 Å². The number of hydrogen-bond donors (Lipinski definition) is 0. The van der Waals surface area contributed by atoms with Gasteiger partial charge in [0.15, 0.2) is 0 Å². The smallest absolute Gasteiger partial charge is 0.266 e. The Kier molecular flexibility index (Phi) is 7.22. The second-order valence-electron chi connectivity index (χ2n) is 8.99.